The van der Waals surface area contributed by atoms with Gasteiger partial charge in [0.05, 0.1) is 24.0 Å². The van der Waals surface area contributed by atoms with E-state index in [2.05, 4.69) is 46.1 Å². The summed E-state index contributed by atoms with van der Waals surface area (Å²) in [6, 6.07) is 8.44. The zero-order chi connectivity index (χ0) is 18.6. The highest BCUT2D eigenvalue weighted by molar-refractivity contribution is 6.06. The molecule has 3 rings (SSSR count). The second-order valence-electron chi connectivity index (χ2n) is 6.27. The summed E-state index contributed by atoms with van der Waals surface area (Å²) in [5.41, 5.74) is 8.83. The van der Waals surface area contributed by atoms with Crippen molar-refractivity contribution in [1.82, 2.24) is 14.5 Å². The summed E-state index contributed by atoms with van der Waals surface area (Å²) in [5, 5.41) is 1.11. The zero-order valence-electron chi connectivity index (χ0n) is 15.5. The number of imidazole rings is 1. The number of nitrogens with two attached hydrogens (primary N) is 1. The van der Waals surface area contributed by atoms with Crippen LogP contribution >= 0.6 is 0 Å². The van der Waals surface area contributed by atoms with Crippen molar-refractivity contribution in [2.45, 2.75) is 40.7 Å². The second-order valence-corrected chi connectivity index (χ2v) is 6.27. The average molecular weight is 342 g/mol. The fraction of sp³-hybridized carbons (Fsp3) is 0.421. The maximum Gasteiger partial charge on any atom is 0.302 e. The molecule has 2 N–H and O–H groups in total. The van der Waals surface area contributed by atoms with Gasteiger partial charge < -0.3 is 15.0 Å². The summed E-state index contributed by atoms with van der Waals surface area (Å²) in [6.07, 6.45) is 1.87. The van der Waals surface area contributed by atoms with Gasteiger partial charge in [-0.25, -0.2) is 9.97 Å². The van der Waals surface area contributed by atoms with Gasteiger partial charge in [-0.15, -0.1) is 0 Å². The van der Waals surface area contributed by atoms with Crippen molar-refractivity contribution in [3.05, 3.63) is 30.6 Å². The van der Waals surface area contributed by atoms with Crippen molar-refractivity contribution in [2.24, 2.45) is 5.92 Å². The van der Waals surface area contributed by atoms with E-state index in [1.165, 1.54) is 6.92 Å². The number of para-hydroxylation sites is 1. The van der Waals surface area contributed by atoms with Crippen molar-refractivity contribution in [3.63, 3.8) is 0 Å². The number of hydrogen-bond donors (Lipinski definition) is 1. The first kappa shape index (κ1) is 18.7. The number of benzene rings is 1. The molecule has 2 heterocycles. The van der Waals surface area contributed by atoms with Gasteiger partial charge in [-0.3, -0.25) is 4.79 Å². The summed E-state index contributed by atoms with van der Waals surface area (Å²) in [5.74, 6) is 0.825. The van der Waals surface area contributed by atoms with Crippen LogP contribution in [-0.2, 0) is 9.53 Å². The molecule has 0 aliphatic rings. The third-order valence-corrected chi connectivity index (χ3v) is 4.19. The lowest BCUT2D eigenvalue weighted by molar-refractivity contribution is -0.140. The fourth-order valence-corrected chi connectivity index (χ4v) is 2.60. The first-order chi connectivity index (χ1) is 11.9. The fourth-order valence-electron chi connectivity index (χ4n) is 2.60. The predicted octanol–water partition coefficient (Wildman–Crippen LogP) is 3.95. The van der Waals surface area contributed by atoms with Gasteiger partial charge >= 0.3 is 5.97 Å². The van der Waals surface area contributed by atoms with E-state index in [0.717, 1.165) is 21.9 Å². The molecule has 2 aromatic heterocycles. The van der Waals surface area contributed by atoms with Crippen LogP contribution in [0.25, 0.3) is 21.9 Å². The van der Waals surface area contributed by atoms with E-state index in [0.29, 0.717) is 24.4 Å². The highest BCUT2D eigenvalue weighted by Crippen LogP contribution is 2.30. The Balaban J connectivity index is 0.000000326. The molecule has 0 aliphatic heterocycles. The molecule has 0 spiro atoms. The van der Waals surface area contributed by atoms with Crippen molar-refractivity contribution in [1.29, 1.82) is 0 Å². The van der Waals surface area contributed by atoms with Gasteiger partial charge in [-0.1, -0.05) is 32.0 Å². The van der Waals surface area contributed by atoms with Crippen LogP contribution in [0.1, 0.15) is 40.7 Å². The van der Waals surface area contributed by atoms with E-state index in [-0.39, 0.29) is 5.97 Å². The number of esters is 1. The number of carbonyl (C=O) groups excluding carboxylic acids is 1. The Morgan fingerprint density at radius 2 is 1.96 bits per heavy atom. The first-order valence-corrected chi connectivity index (χ1v) is 8.50. The van der Waals surface area contributed by atoms with Crippen LogP contribution in [0.3, 0.4) is 0 Å². The van der Waals surface area contributed by atoms with Crippen LogP contribution in [0.2, 0.25) is 0 Å². The highest BCUT2D eigenvalue weighted by atomic mass is 16.5. The minimum atomic E-state index is -0.211. The van der Waals surface area contributed by atoms with E-state index < -0.39 is 0 Å². The van der Waals surface area contributed by atoms with E-state index in [4.69, 9.17) is 5.73 Å². The maximum atomic E-state index is 9.82. The van der Waals surface area contributed by atoms with Gasteiger partial charge in [-0.2, -0.15) is 0 Å². The highest BCUT2D eigenvalue weighted by Gasteiger charge is 2.17. The van der Waals surface area contributed by atoms with Gasteiger partial charge in [0.15, 0.2) is 5.82 Å². The van der Waals surface area contributed by atoms with Gasteiger partial charge in [0.25, 0.3) is 0 Å². The van der Waals surface area contributed by atoms with Crippen LogP contribution in [0.4, 0.5) is 5.82 Å². The van der Waals surface area contributed by atoms with Crippen LogP contribution in [-0.4, -0.2) is 27.1 Å². The molecule has 0 aliphatic carbocycles. The van der Waals surface area contributed by atoms with Crippen LogP contribution < -0.4 is 5.73 Å². The van der Waals surface area contributed by atoms with Crippen LogP contribution in [0.15, 0.2) is 30.6 Å². The lowest BCUT2D eigenvalue weighted by Gasteiger charge is -2.19. The molecular formula is C19H26N4O2. The number of hydrogen-bond acceptors (Lipinski definition) is 5. The summed E-state index contributed by atoms with van der Waals surface area (Å²) < 4.78 is 6.61. The number of rotatable bonds is 3. The lowest BCUT2D eigenvalue weighted by Crippen LogP contribution is -2.10. The number of anilines is 1. The number of pyridine rings is 1. The number of nitrogen functional groups attached to an aromatic ring is 1. The molecule has 3 aromatic rings. The largest absolute Gasteiger partial charge is 0.466 e. The Kier molecular flexibility index (Phi) is 5.96. The monoisotopic (exact) mass is 342 g/mol. The Bertz CT molecular complexity index is 870. The molecule has 0 amide bonds. The summed E-state index contributed by atoms with van der Waals surface area (Å²) in [6.45, 7) is 10.3. The Morgan fingerprint density at radius 3 is 2.52 bits per heavy atom. The molecule has 0 saturated heterocycles. The molecule has 0 fully saturated rings. The number of fused-ring (bicyclic) bond motifs is 3. The standard InChI is InChI=1S/C15H18N4.C4H8O2/c1-9(2)10(3)19-8-17-13-14(19)11-6-4-5-7-12(11)18-15(13)16;1-3-6-4(2)5/h4-10H,1-3H3,(H2,16,18);3H2,1-2H3. The SMILES string of the molecule is CC(C)C(C)n1cnc2c(N)nc3ccccc3c21.CCOC(C)=O. The van der Waals surface area contributed by atoms with Crippen molar-refractivity contribution in [2.75, 3.05) is 12.3 Å². The lowest BCUT2D eigenvalue weighted by atomic mass is 10.1. The minimum Gasteiger partial charge on any atom is -0.466 e. The van der Waals surface area contributed by atoms with Crippen LogP contribution in [0, 0.1) is 5.92 Å². The molecule has 0 bridgehead atoms. The van der Waals surface area contributed by atoms with Crippen molar-refractivity contribution < 1.29 is 9.53 Å². The van der Waals surface area contributed by atoms with E-state index in [9.17, 15) is 4.79 Å². The van der Waals surface area contributed by atoms with Gasteiger partial charge in [0.1, 0.15) is 5.52 Å². The average Bonchev–Trinajstić information content (AvgIpc) is 3.00. The molecule has 0 saturated carbocycles. The summed E-state index contributed by atoms with van der Waals surface area (Å²) in [7, 11) is 0. The molecule has 1 unspecified atom stereocenters. The predicted molar refractivity (Wildman–Crippen MR) is 101 cm³/mol. The number of carbonyl (C=O) groups is 1. The Labute approximate surface area is 148 Å². The normalized spacial score (nSPS) is 12.1. The quantitative estimate of drug-likeness (QED) is 0.729. The molecule has 0 radical (unpaired) electrons. The van der Waals surface area contributed by atoms with Crippen molar-refractivity contribution >= 4 is 33.7 Å². The number of aromatic nitrogens is 3. The van der Waals surface area contributed by atoms with E-state index in [1.54, 1.807) is 6.92 Å². The number of nitrogens with zero attached hydrogens (tertiary/aromatic N) is 3. The summed E-state index contributed by atoms with van der Waals surface area (Å²) in [4.78, 5) is 18.7. The Hall–Kier alpha value is -2.63. The Morgan fingerprint density at radius 1 is 1.28 bits per heavy atom. The maximum absolute atomic E-state index is 9.82. The number of ether oxygens (including phenoxy) is 1. The molecule has 1 aromatic carbocycles. The first-order valence-electron chi connectivity index (χ1n) is 8.50. The molecule has 6 heteroatoms. The minimum absolute atomic E-state index is 0.211. The zero-order valence-corrected chi connectivity index (χ0v) is 15.5. The van der Waals surface area contributed by atoms with Gasteiger partial charge in [0, 0.05) is 18.4 Å². The molecular weight excluding hydrogens is 316 g/mol. The van der Waals surface area contributed by atoms with E-state index in [1.807, 2.05) is 24.5 Å². The van der Waals surface area contributed by atoms with Crippen LogP contribution in [0.5, 0.6) is 0 Å². The molecule has 134 valence electrons. The van der Waals surface area contributed by atoms with Crippen molar-refractivity contribution in [3.8, 4) is 0 Å². The third kappa shape index (κ3) is 4.07. The third-order valence-electron chi connectivity index (χ3n) is 4.19. The summed E-state index contributed by atoms with van der Waals surface area (Å²) >= 11 is 0. The van der Waals surface area contributed by atoms with Gasteiger partial charge in [-0.05, 0) is 25.8 Å². The van der Waals surface area contributed by atoms with E-state index >= 15 is 0 Å². The smallest absolute Gasteiger partial charge is 0.302 e. The molecule has 6 nitrogen and oxygen atoms in total. The topological polar surface area (TPSA) is 83.0 Å². The molecule has 1 atom stereocenters. The molecule has 25 heavy (non-hydrogen) atoms. The second kappa shape index (κ2) is 7.96. The van der Waals surface area contributed by atoms with Gasteiger partial charge in [0.2, 0.25) is 0 Å².